The lowest BCUT2D eigenvalue weighted by Gasteiger charge is -2.28. The van der Waals surface area contributed by atoms with Crippen LogP contribution < -0.4 is 15.4 Å². The summed E-state index contributed by atoms with van der Waals surface area (Å²) in [5.41, 5.74) is 0. The predicted octanol–water partition coefficient (Wildman–Crippen LogP) is 1.81. The Kier molecular flexibility index (Phi) is 5.98. The van der Waals surface area contributed by atoms with Gasteiger partial charge in [0.05, 0.1) is 18.8 Å². The lowest BCUT2D eigenvalue weighted by molar-refractivity contribution is 0.116. The number of aliphatic hydroxyl groups excluding tert-OH is 1. The smallest absolute Gasteiger partial charge is 0.323 e. The Bertz CT molecular complexity index is 443. The van der Waals surface area contributed by atoms with Crippen LogP contribution in [0.25, 0.3) is 0 Å². The standard InChI is InChI=1S/C14H25N5O2/c1-3-9-15-12-17-13(19-14(18-12)21-4-2)16-10-7-5-6-8-11(10)20/h10-11,20H,3-9H2,1-2H3,(H2,15,16,17,18,19). The summed E-state index contributed by atoms with van der Waals surface area (Å²) in [6.45, 7) is 5.26. The van der Waals surface area contributed by atoms with E-state index in [0.29, 0.717) is 24.5 Å². The summed E-state index contributed by atoms with van der Waals surface area (Å²) in [6, 6.07) is 0.300. The number of rotatable bonds is 7. The molecule has 7 nitrogen and oxygen atoms in total. The Morgan fingerprint density at radius 1 is 1.14 bits per heavy atom. The fraction of sp³-hybridized carbons (Fsp3) is 0.786. The minimum absolute atomic E-state index is 0.00495. The molecule has 0 radical (unpaired) electrons. The molecule has 2 unspecified atom stereocenters. The van der Waals surface area contributed by atoms with Gasteiger partial charge in [0.2, 0.25) is 11.9 Å². The summed E-state index contributed by atoms with van der Waals surface area (Å²) < 4.78 is 5.38. The Hall–Kier alpha value is -1.63. The summed E-state index contributed by atoms with van der Waals surface area (Å²) in [5.74, 6) is 0.959. The second-order valence-electron chi connectivity index (χ2n) is 5.23. The van der Waals surface area contributed by atoms with Crippen molar-refractivity contribution in [3.63, 3.8) is 0 Å². The van der Waals surface area contributed by atoms with E-state index in [9.17, 15) is 5.11 Å². The minimum Gasteiger partial charge on any atom is -0.464 e. The van der Waals surface area contributed by atoms with E-state index in [-0.39, 0.29) is 12.1 Å². The molecule has 3 N–H and O–H groups in total. The molecule has 1 aromatic rings. The highest BCUT2D eigenvalue weighted by molar-refractivity contribution is 5.37. The highest BCUT2D eigenvalue weighted by Gasteiger charge is 2.24. The summed E-state index contributed by atoms with van der Waals surface area (Å²) in [4.78, 5) is 12.8. The molecular weight excluding hydrogens is 270 g/mol. The van der Waals surface area contributed by atoms with Crippen molar-refractivity contribution in [1.82, 2.24) is 15.0 Å². The van der Waals surface area contributed by atoms with E-state index in [4.69, 9.17) is 4.74 Å². The van der Waals surface area contributed by atoms with Crippen molar-refractivity contribution in [1.29, 1.82) is 0 Å². The van der Waals surface area contributed by atoms with Gasteiger partial charge in [0, 0.05) is 6.54 Å². The first-order valence-electron chi connectivity index (χ1n) is 7.80. The lowest BCUT2D eigenvalue weighted by Crippen LogP contribution is -2.37. The van der Waals surface area contributed by atoms with Crippen molar-refractivity contribution in [3.05, 3.63) is 0 Å². The molecule has 1 saturated carbocycles. The van der Waals surface area contributed by atoms with Gasteiger partial charge in [0.1, 0.15) is 0 Å². The van der Waals surface area contributed by atoms with Gasteiger partial charge in [-0.3, -0.25) is 0 Å². The largest absolute Gasteiger partial charge is 0.464 e. The van der Waals surface area contributed by atoms with Crippen LogP contribution in [0.5, 0.6) is 6.01 Å². The van der Waals surface area contributed by atoms with E-state index in [1.54, 1.807) is 0 Å². The Balaban J connectivity index is 2.10. The van der Waals surface area contributed by atoms with Crippen LogP contribution in [0.15, 0.2) is 0 Å². The van der Waals surface area contributed by atoms with Crippen molar-refractivity contribution in [2.45, 2.75) is 58.1 Å². The fourth-order valence-electron chi connectivity index (χ4n) is 2.38. The van der Waals surface area contributed by atoms with Gasteiger partial charge in [0.25, 0.3) is 0 Å². The molecule has 1 aliphatic carbocycles. The molecule has 118 valence electrons. The topological polar surface area (TPSA) is 92.2 Å². The molecule has 1 heterocycles. The van der Waals surface area contributed by atoms with Crippen LogP contribution >= 0.6 is 0 Å². The van der Waals surface area contributed by atoms with Gasteiger partial charge in [0.15, 0.2) is 0 Å². The van der Waals surface area contributed by atoms with E-state index < -0.39 is 0 Å². The van der Waals surface area contributed by atoms with Gasteiger partial charge in [-0.15, -0.1) is 0 Å². The van der Waals surface area contributed by atoms with E-state index in [2.05, 4.69) is 32.5 Å². The van der Waals surface area contributed by atoms with Gasteiger partial charge in [-0.25, -0.2) is 0 Å². The van der Waals surface area contributed by atoms with Crippen molar-refractivity contribution in [2.75, 3.05) is 23.8 Å². The maximum absolute atomic E-state index is 10.0. The van der Waals surface area contributed by atoms with Crippen molar-refractivity contribution in [3.8, 4) is 6.01 Å². The first kappa shape index (κ1) is 15.8. The van der Waals surface area contributed by atoms with Gasteiger partial charge in [-0.2, -0.15) is 15.0 Å². The average Bonchev–Trinajstić information content (AvgIpc) is 2.48. The second-order valence-corrected chi connectivity index (χ2v) is 5.23. The molecule has 1 aliphatic rings. The first-order valence-corrected chi connectivity index (χ1v) is 7.80. The molecule has 0 bridgehead atoms. The van der Waals surface area contributed by atoms with Gasteiger partial charge in [-0.1, -0.05) is 19.8 Å². The van der Waals surface area contributed by atoms with Crippen LogP contribution in [0.4, 0.5) is 11.9 Å². The molecule has 2 atom stereocenters. The number of hydrogen-bond acceptors (Lipinski definition) is 7. The number of aromatic nitrogens is 3. The van der Waals surface area contributed by atoms with Crippen LogP contribution in [0, 0.1) is 0 Å². The maximum Gasteiger partial charge on any atom is 0.323 e. The highest BCUT2D eigenvalue weighted by atomic mass is 16.5. The van der Waals surface area contributed by atoms with Gasteiger partial charge >= 0.3 is 6.01 Å². The van der Waals surface area contributed by atoms with Crippen LogP contribution in [-0.4, -0.2) is 45.4 Å². The molecule has 0 aliphatic heterocycles. The second kappa shape index (κ2) is 7.97. The Labute approximate surface area is 125 Å². The third-order valence-corrected chi connectivity index (χ3v) is 3.47. The van der Waals surface area contributed by atoms with Crippen LogP contribution in [0.3, 0.4) is 0 Å². The highest BCUT2D eigenvalue weighted by Crippen LogP contribution is 2.22. The van der Waals surface area contributed by atoms with Crippen molar-refractivity contribution in [2.24, 2.45) is 0 Å². The van der Waals surface area contributed by atoms with E-state index in [1.807, 2.05) is 6.92 Å². The molecule has 0 amide bonds. The normalized spacial score (nSPS) is 21.9. The molecular formula is C14H25N5O2. The minimum atomic E-state index is -0.349. The summed E-state index contributed by atoms with van der Waals surface area (Å²) in [6.07, 6.45) is 4.57. The third kappa shape index (κ3) is 4.70. The van der Waals surface area contributed by atoms with Crippen LogP contribution in [-0.2, 0) is 0 Å². The summed E-state index contributed by atoms with van der Waals surface area (Å²) >= 11 is 0. The summed E-state index contributed by atoms with van der Waals surface area (Å²) in [7, 11) is 0. The van der Waals surface area contributed by atoms with E-state index in [0.717, 1.165) is 38.6 Å². The number of anilines is 2. The number of nitrogens with one attached hydrogen (secondary N) is 2. The fourth-order valence-corrected chi connectivity index (χ4v) is 2.38. The van der Waals surface area contributed by atoms with Crippen LogP contribution in [0.1, 0.15) is 46.0 Å². The Morgan fingerprint density at radius 3 is 2.62 bits per heavy atom. The van der Waals surface area contributed by atoms with E-state index in [1.165, 1.54) is 0 Å². The van der Waals surface area contributed by atoms with Gasteiger partial charge in [-0.05, 0) is 26.2 Å². The van der Waals surface area contributed by atoms with Crippen molar-refractivity contribution < 1.29 is 9.84 Å². The molecule has 7 heteroatoms. The zero-order chi connectivity index (χ0) is 15.1. The monoisotopic (exact) mass is 295 g/mol. The zero-order valence-electron chi connectivity index (χ0n) is 12.8. The quantitative estimate of drug-likeness (QED) is 0.706. The summed E-state index contributed by atoms with van der Waals surface area (Å²) in [5, 5.41) is 16.4. The molecule has 0 spiro atoms. The maximum atomic E-state index is 10.0. The van der Waals surface area contributed by atoms with E-state index >= 15 is 0 Å². The van der Waals surface area contributed by atoms with Crippen LogP contribution in [0.2, 0.25) is 0 Å². The SMILES string of the molecule is CCCNc1nc(NC2CCCCC2O)nc(OCC)n1. The predicted molar refractivity (Wildman–Crippen MR) is 81.7 cm³/mol. The molecule has 0 saturated heterocycles. The third-order valence-electron chi connectivity index (χ3n) is 3.47. The molecule has 2 rings (SSSR count). The number of aliphatic hydroxyl groups is 1. The number of hydrogen-bond donors (Lipinski definition) is 3. The molecule has 1 aromatic heterocycles. The number of nitrogens with zero attached hydrogens (tertiary/aromatic N) is 3. The van der Waals surface area contributed by atoms with Gasteiger partial charge < -0.3 is 20.5 Å². The average molecular weight is 295 g/mol. The Morgan fingerprint density at radius 2 is 1.90 bits per heavy atom. The lowest BCUT2D eigenvalue weighted by atomic mass is 9.93. The molecule has 21 heavy (non-hydrogen) atoms. The first-order chi connectivity index (χ1) is 10.2. The zero-order valence-corrected chi connectivity index (χ0v) is 12.8. The molecule has 0 aromatic carbocycles. The number of ether oxygens (including phenoxy) is 1. The van der Waals surface area contributed by atoms with Crippen molar-refractivity contribution >= 4 is 11.9 Å². The molecule has 1 fully saturated rings.